The van der Waals surface area contributed by atoms with Crippen LogP contribution in [0, 0.1) is 11.3 Å². The van der Waals surface area contributed by atoms with Gasteiger partial charge in [-0.1, -0.05) is 0 Å². The van der Waals surface area contributed by atoms with Gasteiger partial charge in [-0.25, -0.2) is 15.0 Å². The summed E-state index contributed by atoms with van der Waals surface area (Å²) in [5, 5.41) is 18.7. The van der Waals surface area contributed by atoms with E-state index in [0.717, 1.165) is 19.8 Å². The van der Waals surface area contributed by atoms with Crippen molar-refractivity contribution in [3.63, 3.8) is 0 Å². The van der Waals surface area contributed by atoms with Crippen LogP contribution in [0.1, 0.15) is 37.6 Å². The normalized spacial score (nSPS) is 18.5. The molecule has 2 atom stereocenters. The van der Waals surface area contributed by atoms with Crippen molar-refractivity contribution in [3.05, 3.63) is 42.0 Å². The number of H-pyrrole nitrogens is 1. The molecule has 3 aromatic heterocycles. The quantitative estimate of drug-likeness (QED) is 0.546. The van der Waals surface area contributed by atoms with Crippen molar-refractivity contribution in [1.29, 1.82) is 5.26 Å². The number of aromatic nitrogens is 5. The first-order valence-electron chi connectivity index (χ1n) is 9.68. The van der Waals surface area contributed by atoms with Crippen molar-refractivity contribution in [3.8, 4) is 23.2 Å². The smallest absolute Gasteiger partial charge is 0.287 e. The summed E-state index contributed by atoms with van der Waals surface area (Å²) >= 11 is 0. The Morgan fingerprint density at radius 2 is 2.10 bits per heavy atom. The second-order valence-electron chi connectivity index (χ2n) is 7.44. The van der Waals surface area contributed by atoms with Gasteiger partial charge in [-0.15, -0.1) is 0 Å². The number of pyridine rings is 1. The topological polar surface area (TPSA) is 138 Å². The van der Waals surface area contributed by atoms with Crippen molar-refractivity contribution in [2.24, 2.45) is 5.73 Å². The molecule has 11 heteroatoms. The van der Waals surface area contributed by atoms with Gasteiger partial charge in [0, 0.05) is 19.0 Å². The van der Waals surface area contributed by atoms with Crippen LogP contribution in [0.15, 0.2) is 30.6 Å². The van der Waals surface area contributed by atoms with Crippen LogP contribution < -0.4 is 15.8 Å². The number of anilines is 2. The minimum absolute atomic E-state index is 0.0668. The molecule has 0 aliphatic heterocycles. The Hall–Kier alpha value is -3.65. The maximum absolute atomic E-state index is 13.9. The molecule has 3 heterocycles. The van der Waals surface area contributed by atoms with Gasteiger partial charge < -0.3 is 15.8 Å². The molecule has 160 valence electrons. The fourth-order valence-electron chi connectivity index (χ4n) is 3.33. The van der Waals surface area contributed by atoms with E-state index in [-0.39, 0.29) is 29.2 Å². The van der Waals surface area contributed by atoms with Crippen LogP contribution in [0.25, 0.3) is 11.4 Å². The monoisotopic (exact) mass is 426 g/mol. The summed E-state index contributed by atoms with van der Waals surface area (Å²) in [6.45, 7) is 0.791. The molecule has 0 spiro atoms. The van der Waals surface area contributed by atoms with Crippen molar-refractivity contribution < 1.29 is 13.5 Å². The summed E-state index contributed by atoms with van der Waals surface area (Å²) in [4.78, 5) is 12.1. The number of hydrogen-bond donors (Lipinski definition) is 3. The summed E-state index contributed by atoms with van der Waals surface area (Å²) in [5.41, 5.74) is 6.39. The zero-order valence-electron chi connectivity index (χ0n) is 16.6. The Bertz CT molecular complexity index is 1100. The second-order valence-corrected chi connectivity index (χ2v) is 7.44. The Kier molecular flexibility index (Phi) is 5.48. The number of rotatable bonds is 6. The molecule has 31 heavy (non-hydrogen) atoms. The Labute approximate surface area is 176 Å². The molecule has 3 aromatic rings. The van der Waals surface area contributed by atoms with E-state index in [1.807, 2.05) is 6.07 Å². The number of nitrogens with two attached hydrogens (primary N) is 1. The van der Waals surface area contributed by atoms with Gasteiger partial charge in [0.15, 0.2) is 11.5 Å². The number of hydrogen-bond acceptors (Lipinski definition) is 8. The van der Waals surface area contributed by atoms with Crippen molar-refractivity contribution >= 4 is 11.6 Å². The van der Waals surface area contributed by atoms with Crippen LogP contribution in [-0.4, -0.2) is 37.3 Å². The molecule has 4 rings (SSSR count). The zero-order chi connectivity index (χ0) is 22.0. The minimum Gasteiger partial charge on any atom is -0.488 e. The molecule has 0 unspecified atom stereocenters. The predicted molar refractivity (Wildman–Crippen MR) is 108 cm³/mol. The first kappa shape index (κ1) is 20.6. The lowest BCUT2D eigenvalue weighted by molar-refractivity contribution is 0.0128. The van der Waals surface area contributed by atoms with E-state index in [0.29, 0.717) is 29.5 Å². The van der Waals surface area contributed by atoms with E-state index in [1.54, 1.807) is 6.07 Å². The van der Waals surface area contributed by atoms with Gasteiger partial charge in [-0.05, 0) is 31.4 Å². The standard InChI is InChI=1S/C20H20F2N8O/c1-20(21,22)16-5-4-15(31-13-3-2-11(24)6-13)19(27-16)14-7-17(30-29-14)28-18-10-25-12(8-23)9-26-18/h4-5,7,9-11,13H,2-3,6,24H2,1H3,(H2,26,28,29,30)/t11-,13+/m0/s1. The predicted octanol–water partition coefficient (Wildman–Crippen LogP) is 3.25. The number of aromatic amines is 1. The summed E-state index contributed by atoms with van der Waals surface area (Å²) in [5.74, 6) is -1.99. The molecule has 4 N–H and O–H groups in total. The van der Waals surface area contributed by atoms with Crippen molar-refractivity contribution in [2.75, 3.05) is 5.32 Å². The highest BCUT2D eigenvalue weighted by molar-refractivity contribution is 5.67. The van der Waals surface area contributed by atoms with Crippen LogP contribution in [-0.2, 0) is 5.92 Å². The second kappa shape index (κ2) is 8.23. The van der Waals surface area contributed by atoms with E-state index < -0.39 is 5.92 Å². The fraction of sp³-hybridized carbons (Fsp3) is 0.350. The van der Waals surface area contributed by atoms with E-state index >= 15 is 0 Å². The summed E-state index contributed by atoms with van der Waals surface area (Å²) < 4.78 is 33.8. The largest absolute Gasteiger partial charge is 0.488 e. The number of alkyl halides is 2. The SMILES string of the molecule is CC(F)(F)c1ccc(O[C@@H]2CC[C@H](N)C2)c(-c2cc(Nc3cnc(C#N)cn3)n[nH]2)n1. The summed E-state index contributed by atoms with van der Waals surface area (Å²) in [7, 11) is 0. The molecule has 0 amide bonds. The zero-order valence-corrected chi connectivity index (χ0v) is 16.6. The first-order valence-corrected chi connectivity index (χ1v) is 9.68. The van der Waals surface area contributed by atoms with E-state index in [2.05, 4.69) is 30.5 Å². The van der Waals surface area contributed by atoms with Gasteiger partial charge >= 0.3 is 0 Å². The Balaban J connectivity index is 1.62. The average Bonchev–Trinajstić information content (AvgIpc) is 3.37. The number of halogens is 2. The van der Waals surface area contributed by atoms with E-state index in [9.17, 15) is 8.78 Å². The van der Waals surface area contributed by atoms with Gasteiger partial charge in [0.2, 0.25) is 0 Å². The van der Waals surface area contributed by atoms with E-state index in [1.165, 1.54) is 24.5 Å². The van der Waals surface area contributed by atoms with Gasteiger partial charge in [0.05, 0.1) is 18.1 Å². The van der Waals surface area contributed by atoms with Crippen LogP contribution >= 0.6 is 0 Å². The third-order valence-corrected chi connectivity index (χ3v) is 4.88. The highest BCUT2D eigenvalue weighted by Crippen LogP contribution is 2.35. The molecular formula is C20H20F2N8O. The molecule has 9 nitrogen and oxygen atoms in total. The van der Waals surface area contributed by atoms with Crippen molar-refractivity contribution in [2.45, 2.75) is 44.3 Å². The van der Waals surface area contributed by atoms with Crippen LogP contribution in [0.5, 0.6) is 5.75 Å². The maximum Gasteiger partial charge on any atom is 0.287 e. The lowest BCUT2D eigenvalue weighted by Gasteiger charge is -2.18. The van der Waals surface area contributed by atoms with Gasteiger partial charge in [-0.3, -0.25) is 5.10 Å². The molecular weight excluding hydrogens is 406 g/mol. The lowest BCUT2D eigenvalue weighted by Crippen LogP contribution is -2.19. The van der Waals surface area contributed by atoms with Gasteiger partial charge in [0.25, 0.3) is 5.92 Å². The summed E-state index contributed by atoms with van der Waals surface area (Å²) in [6, 6.07) is 6.31. The van der Waals surface area contributed by atoms with Crippen LogP contribution in [0.3, 0.4) is 0 Å². The Morgan fingerprint density at radius 1 is 1.26 bits per heavy atom. The number of nitrogens with one attached hydrogen (secondary N) is 2. The van der Waals surface area contributed by atoms with E-state index in [4.69, 9.17) is 15.7 Å². The highest BCUT2D eigenvalue weighted by Gasteiger charge is 2.29. The molecule has 0 aromatic carbocycles. The van der Waals surface area contributed by atoms with Crippen LogP contribution in [0.2, 0.25) is 0 Å². The molecule has 1 aliphatic rings. The Morgan fingerprint density at radius 3 is 2.74 bits per heavy atom. The lowest BCUT2D eigenvalue weighted by atomic mass is 10.1. The third-order valence-electron chi connectivity index (χ3n) is 4.88. The molecule has 0 radical (unpaired) electrons. The minimum atomic E-state index is -3.11. The molecule has 0 bridgehead atoms. The molecule has 1 fully saturated rings. The summed E-state index contributed by atoms with van der Waals surface area (Å²) in [6.07, 6.45) is 4.95. The third kappa shape index (κ3) is 4.75. The van der Waals surface area contributed by atoms with Gasteiger partial charge in [0.1, 0.15) is 35.1 Å². The first-order chi connectivity index (χ1) is 14.8. The number of ether oxygens (including phenoxy) is 1. The molecule has 0 saturated heterocycles. The number of nitriles is 1. The fourth-order valence-corrected chi connectivity index (χ4v) is 3.33. The molecule has 1 aliphatic carbocycles. The highest BCUT2D eigenvalue weighted by atomic mass is 19.3. The average molecular weight is 426 g/mol. The molecule has 1 saturated carbocycles. The van der Waals surface area contributed by atoms with Crippen molar-refractivity contribution in [1.82, 2.24) is 25.1 Å². The number of nitrogens with zero attached hydrogens (tertiary/aromatic N) is 5. The van der Waals surface area contributed by atoms with Gasteiger partial charge in [-0.2, -0.15) is 19.1 Å². The van der Waals surface area contributed by atoms with Crippen LogP contribution in [0.4, 0.5) is 20.4 Å². The maximum atomic E-state index is 13.9.